The third kappa shape index (κ3) is 5.49. The molecule has 0 saturated carbocycles. The van der Waals surface area contributed by atoms with E-state index < -0.39 is 0 Å². The molecule has 0 bridgehead atoms. The van der Waals surface area contributed by atoms with Gasteiger partial charge in [0.2, 0.25) is 5.91 Å². The highest BCUT2D eigenvalue weighted by Gasteiger charge is 2.17. The van der Waals surface area contributed by atoms with Crippen molar-refractivity contribution in [3.63, 3.8) is 0 Å². The van der Waals surface area contributed by atoms with Gasteiger partial charge in [0, 0.05) is 38.7 Å². The molecule has 7 heteroatoms. The highest BCUT2D eigenvalue weighted by molar-refractivity contribution is 5.76. The van der Waals surface area contributed by atoms with E-state index >= 15 is 0 Å². The van der Waals surface area contributed by atoms with Gasteiger partial charge in [-0.05, 0) is 42.8 Å². The highest BCUT2D eigenvalue weighted by atomic mass is 19.1. The second kappa shape index (κ2) is 9.75. The zero-order valence-electron chi connectivity index (χ0n) is 17.5. The fourth-order valence-electron chi connectivity index (χ4n) is 3.58. The first kappa shape index (κ1) is 21.1. The summed E-state index contributed by atoms with van der Waals surface area (Å²) in [5, 5.41) is 2.91. The largest absolute Gasteiger partial charge is 0.461 e. The molecule has 1 aliphatic heterocycles. The maximum Gasteiger partial charge on any atom is 0.220 e. The number of rotatable bonds is 7. The van der Waals surface area contributed by atoms with E-state index in [0.717, 1.165) is 24.5 Å². The number of halogens is 1. The lowest BCUT2D eigenvalue weighted by atomic mass is 10.1. The number of furan rings is 1. The van der Waals surface area contributed by atoms with Gasteiger partial charge in [0.25, 0.3) is 0 Å². The first-order valence-corrected chi connectivity index (χ1v) is 10.5. The number of nitrogens with one attached hydrogen (secondary N) is 1. The molecule has 1 atom stereocenters. The third-order valence-corrected chi connectivity index (χ3v) is 5.26. The number of aromatic nitrogens is 1. The van der Waals surface area contributed by atoms with E-state index in [-0.39, 0.29) is 17.8 Å². The maximum absolute atomic E-state index is 13.9. The van der Waals surface area contributed by atoms with Crippen molar-refractivity contribution in [2.24, 2.45) is 0 Å². The van der Waals surface area contributed by atoms with Crippen LogP contribution in [-0.2, 0) is 22.5 Å². The molecule has 4 rings (SSSR count). The Balaban J connectivity index is 1.24. The van der Waals surface area contributed by atoms with Gasteiger partial charge in [-0.2, -0.15) is 0 Å². The highest BCUT2D eigenvalue weighted by Crippen LogP contribution is 2.25. The lowest BCUT2D eigenvalue weighted by Gasteiger charge is -2.32. The van der Waals surface area contributed by atoms with Crippen LogP contribution < -0.4 is 10.2 Å². The minimum absolute atomic E-state index is 0.0741. The van der Waals surface area contributed by atoms with Gasteiger partial charge >= 0.3 is 0 Å². The van der Waals surface area contributed by atoms with Crippen LogP contribution in [0.5, 0.6) is 0 Å². The summed E-state index contributed by atoms with van der Waals surface area (Å²) in [4.78, 5) is 18.9. The minimum Gasteiger partial charge on any atom is -0.461 e. The predicted molar refractivity (Wildman–Crippen MR) is 116 cm³/mol. The molecule has 2 aromatic heterocycles. The first-order valence-electron chi connectivity index (χ1n) is 10.5. The smallest absolute Gasteiger partial charge is 0.220 e. The number of carbonyl (C=O) groups excluding carboxylic acids is 1. The number of aryl methyl sites for hydroxylation is 1. The molecule has 0 radical (unpaired) electrons. The number of nitrogens with zero attached hydrogens (tertiary/aromatic N) is 2. The van der Waals surface area contributed by atoms with Crippen LogP contribution in [0, 0.1) is 5.82 Å². The molecule has 0 aliphatic carbocycles. The Morgan fingerprint density at radius 3 is 2.87 bits per heavy atom. The number of pyridine rings is 1. The average molecular weight is 423 g/mol. The van der Waals surface area contributed by atoms with Gasteiger partial charge in [0.1, 0.15) is 23.2 Å². The van der Waals surface area contributed by atoms with E-state index in [1.807, 2.05) is 12.1 Å². The Morgan fingerprint density at radius 2 is 2.10 bits per heavy atom. The Labute approximate surface area is 181 Å². The predicted octanol–water partition coefficient (Wildman–Crippen LogP) is 3.95. The van der Waals surface area contributed by atoms with Gasteiger partial charge in [-0.1, -0.05) is 18.2 Å². The molecule has 1 unspecified atom stereocenters. The van der Waals surface area contributed by atoms with Crippen molar-refractivity contribution in [2.75, 3.05) is 24.6 Å². The summed E-state index contributed by atoms with van der Waals surface area (Å²) < 4.78 is 25.1. The summed E-state index contributed by atoms with van der Waals surface area (Å²) in [7, 11) is 0. The molecule has 0 spiro atoms. The van der Waals surface area contributed by atoms with Crippen LogP contribution in [-0.4, -0.2) is 36.7 Å². The fraction of sp³-hybridized carbons (Fsp3) is 0.333. The number of benzene rings is 1. The van der Waals surface area contributed by atoms with Crippen molar-refractivity contribution in [3.8, 4) is 11.3 Å². The Bertz CT molecular complexity index is 1020. The van der Waals surface area contributed by atoms with Crippen LogP contribution in [0.25, 0.3) is 11.3 Å². The lowest BCUT2D eigenvalue weighted by molar-refractivity contribution is -0.121. The Kier molecular flexibility index (Phi) is 6.62. The first-order chi connectivity index (χ1) is 15.1. The quantitative estimate of drug-likeness (QED) is 0.623. The zero-order valence-corrected chi connectivity index (χ0v) is 17.5. The number of amides is 1. The van der Waals surface area contributed by atoms with Gasteiger partial charge in [-0.25, -0.2) is 9.37 Å². The van der Waals surface area contributed by atoms with E-state index in [4.69, 9.17) is 9.15 Å². The van der Waals surface area contributed by atoms with Crippen molar-refractivity contribution in [1.29, 1.82) is 0 Å². The summed E-state index contributed by atoms with van der Waals surface area (Å²) >= 11 is 0. The monoisotopic (exact) mass is 423 g/mol. The van der Waals surface area contributed by atoms with Crippen LogP contribution in [0.15, 0.2) is 59.1 Å². The molecule has 3 heterocycles. The molecule has 3 aromatic rings. The third-order valence-electron chi connectivity index (χ3n) is 5.26. The standard InChI is InChI=1S/C24H26FN3O3/c1-17-16-28(12-13-30-17)23-10-6-18(14-26-23)15-27-24(29)11-8-19-7-9-22(31-19)20-4-2-3-5-21(20)25/h2-7,9-10,14,17H,8,11-13,15-16H2,1H3,(H,27,29). The molecule has 6 nitrogen and oxygen atoms in total. The van der Waals surface area contributed by atoms with Gasteiger partial charge in [0.15, 0.2) is 0 Å². The van der Waals surface area contributed by atoms with Crippen molar-refractivity contribution in [2.45, 2.75) is 32.4 Å². The fourth-order valence-corrected chi connectivity index (χ4v) is 3.58. The normalized spacial score (nSPS) is 16.3. The molecular weight excluding hydrogens is 397 g/mol. The van der Waals surface area contributed by atoms with E-state index in [0.29, 0.717) is 43.1 Å². The molecule has 1 amide bonds. The van der Waals surface area contributed by atoms with E-state index in [2.05, 4.69) is 22.1 Å². The van der Waals surface area contributed by atoms with Crippen molar-refractivity contribution >= 4 is 11.7 Å². The van der Waals surface area contributed by atoms with Crippen LogP contribution >= 0.6 is 0 Å². The SMILES string of the molecule is CC1CN(c2ccc(CNC(=O)CCc3ccc(-c4ccccc4F)o3)cn2)CCO1. The topological polar surface area (TPSA) is 67.6 Å². The van der Waals surface area contributed by atoms with Gasteiger partial charge in [-0.15, -0.1) is 0 Å². The van der Waals surface area contributed by atoms with Crippen LogP contribution in [0.3, 0.4) is 0 Å². The molecule has 1 aliphatic rings. The lowest BCUT2D eigenvalue weighted by Crippen LogP contribution is -2.41. The molecule has 31 heavy (non-hydrogen) atoms. The van der Waals surface area contributed by atoms with Gasteiger partial charge < -0.3 is 19.4 Å². The number of hydrogen-bond acceptors (Lipinski definition) is 5. The summed E-state index contributed by atoms with van der Waals surface area (Å²) in [6.07, 6.45) is 2.74. The van der Waals surface area contributed by atoms with Crippen LogP contribution in [0.2, 0.25) is 0 Å². The second-order valence-corrected chi connectivity index (χ2v) is 7.67. The van der Waals surface area contributed by atoms with E-state index in [1.165, 1.54) is 6.07 Å². The molecule has 1 saturated heterocycles. The molecule has 162 valence electrons. The Morgan fingerprint density at radius 1 is 1.23 bits per heavy atom. The average Bonchev–Trinajstić information content (AvgIpc) is 3.26. The maximum atomic E-state index is 13.9. The van der Waals surface area contributed by atoms with Crippen molar-refractivity contribution < 1.29 is 18.3 Å². The summed E-state index contributed by atoms with van der Waals surface area (Å²) in [6, 6.07) is 13.9. The number of carbonyl (C=O) groups is 1. The molecule has 1 aromatic carbocycles. The number of morpholine rings is 1. The summed E-state index contributed by atoms with van der Waals surface area (Å²) in [5.41, 5.74) is 1.36. The van der Waals surface area contributed by atoms with Gasteiger partial charge in [-0.3, -0.25) is 4.79 Å². The van der Waals surface area contributed by atoms with Gasteiger partial charge in [0.05, 0.1) is 18.3 Å². The number of anilines is 1. The van der Waals surface area contributed by atoms with Crippen molar-refractivity contribution in [3.05, 3.63) is 71.9 Å². The van der Waals surface area contributed by atoms with Crippen molar-refractivity contribution in [1.82, 2.24) is 10.3 Å². The van der Waals surface area contributed by atoms with E-state index in [9.17, 15) is 9.18 Å². The minimum atomic E-state index is -0.330. The molecular formula is C24H26FN3O3. The summed E-state index contributed by atoms with van der Waals surface area (Å²) in [6.45, 7) is 4.84. The van der Waals surface area contributed by atoms with Crippen LogP contribution in [0.4, 0.5) is 10.2 Å². The Hall–Kier alpha value is -3.19. The molecule has 1 N–H and O–H groups in total. The zero-order chi connectivity index (χ0) is 21.6. The molecule has 1 fully saturated rings. The van der Waals surface area contributed by atoms with E-state index in [1.54, 1.807) is 36.5 Å². The number of hydrogen-bond donors (Lipinski definition) is 1. The second-order valence-electron chi connectivity index (χ2n) is 7.67. The summed E-state index contributed by atoms with van der Waals surface area (Å²) in [5.74, 6) is 1.64. The van der Waals surface area contributed by atoms with Crippen LogP contribution in [0.1, 0.15) is 24.7 Å². The number of ether oxygens (including phenoxy) is 1.